The largest absolute Gasteiger partial charge is 0.507 e. The Morgan fingerprint density at radius 1 is 1.43 bits per heavy atom. The second-order valence-corrected chi connectivity index (χ2v) is 5.63. The van der Waals surface area contributed by atoms with Gasteiger partial charge in [-0.15, -0.1) is 11.3 Å². The van der Waals surface area contributed by atoms with Crippen molar-refractivity contribution in [2.24, 2.45) is 0 Å². The van der Waals surface area contributed by atoms with Crippen molar-refractivity contribution in [2.75, 3.05) is 7.11 Å². The molecule has 0 aliphatic heterocycles. The van der Waals surface area contributed by atoms with E-state index in [1.54, 1.807) is 6.07 Å². The van der Waals surface area contributed by atoms with E-state index in [1.165, 1.54) is 36.8 Å². The van der Waals surface area contributed by atoms with E-state index in [-0.39, 0.29) is 17.9 Å². The molecule has 3 rings (SSSR count). The van der Waals surface area contributed by atoms with E-state index in [0.717, 1.165) is 4.88 Å². The van der Waals surface area contributed by atoms with Crippen LogP contribution in [0.5, 0.6) is 11.5 Å². The van der Waals surface area contributed by atoms with Gasteiger partial charge < -0.3 is 19.6 Å². The number of nitrogens with zero attached hydrogens (tertiary/aromatic N) is 1. The zero-order valence-electron chi connectivity index (χ0n) is 12.3. The maximum Gasteiger partial charge on any atom is 0.255 e. The van der Waals surface area contributed by atoms with Crippen LogP contribution in [-0.4, -0.2) is 23.1 Å². The van der Waals surface area contributed by atoms with Gasteiger partial charge in [0.2, 0.25) is 5.89 Å². The quantitative estimate of drug-likeness (QED) is 0.751. The zero-order valence-corrected chi connectivity index (χ0v) is 13.1. The third kappa shape index (κ3) is 3.35. The second-order valence-electron chi connectivity index (χ2n) is 4.69. The van der Waals surface area contributed by atoms with Crippen LogP contribution >= 0.6 is 11.3 Å². The number of amides is 1. The molecular formula is C16H14N2O4S. The van der Waals surface area contributed by atoms with E-state index < -0.39 is 5.91 Å². The normalized spacial score (nSPS) is 10.5. The lowest BCUT2D eigenvalue weighted by molar-refractivity contribution is 0.0947. The minimum Gasteiger partial charge on any atom is -0.507 e. The van der Waals surface area contributed by atoms with Gasteiger partial charge in [-0.1, -0.05) is 6.07 Å². The highest BCUT2D eigenvalue weighted by Gasteiger charge is 2.13. The molecule has 0 spiro atoms. The molecule has 0 fully saturated rings. The highest BCUT2D eigenvalue weighted by Crippen LogP contribution is 2.24. The minimum atomic E-state index is -0.397. The number of rotatable bonds is 5. The van der Waals surface area contributed by atoms with Gasteiger partial charge in [0, 0.05) is 6.07 Å². The number of oxazole rings is 1. The minimum absolute atomic E-state index is 0.138. The first-order chi connectivity index (χ1) is 11.2. The monoisotopic (exact) mass is 330 g/mol. The van der Waals surface area contributed by atoms with Crippen LogP contribution in [0.15, 0.2) is 46.4 Å². The van der Waals surface area contributed by atoms with Crippen LogP contribution in [-0.2, 0) is 6.54 Å². The first kappa shape index (κ1) is 15.1. The van der Waals surface area contributed by atoms with Crippen LogP contribution in [0, 0.1) is 0 Å². The van der Waals surface area contributed by atoms with E-state index in [4.69, 9.17) is 9.15 Å². The van der Waals surface area contributed by atoms with Crippen molar-refractivity contribution in [1.29, 1.82) is 0 Å². The molecule has 2 aromatic heterocycles. The number of carbonyl (C=O) groups excluding carboxylic acids is 1. The summed E-state index contributed by atoms with van der Waals surface area (Å²) >= 11 is 1.53. The van der Waals surface area contributed by atoms with E-state index in [9.17, 15) is 9.90 Å². The number of methoxy groups -OCH3 is 1. The number of nitrogens with one attached hydrogen (secondary N) is 1. The molecule has 2 heterocycles. The molecule has 3 aromatic rings. The van der Waals surface area contributed by atoms with Crippen molar-refractivity contribution in [2.45, 2.75) is 6.54 Å². The van der Waals surface area contributed by atoms with Gasteiger partial charge in [-0.25, -0.2) is 4.98 Å². The lowest BCUT2D eigenvalue weighted by Gasteiger charge is -2.07. The Morgan fingerprint density at radius 2 is 2.30 bits per heavy atom. The van der Waals surface area contributed by atoms with Crippen LogP contribution in [0.4, 0.5) is 0 Å². The molecule has 0 bridgehead atoms. The Balaban J connectivity index is 1.65. The number of phenolic OH excluding ortho intramolecular Hbond substituents is 1. The van der Waals surface area contributed by atoms with Crippen molar-refractivity contribution in [1.82, 2.24) is 10.3 Å². The molecule has 0 unspecified atom stereocenters. The predicted molar refractivity (Wildman–Crippen MR) is 85.6 cm³/mol. The smallest absolute Gasteiger partial charge is 0.255 e. The molecule has 1 aromatic carbocycles. The lowest BCUT2D eigenvalue weighted by atomic mass is 10.2. The maximum absolute atomic E-state index is 12.1. The van der Waals surface area contributed by atoms with Gasteiger partial charge in [-0.05, 0) is 23.6 Å². The highest BCUT2D eigenvalue weighted by atomic mass is 32.1. The molecule has 23 heavy (non-hydrogen) atoms. The van der Waals surface area contributed by atoms with Crippen LogP contribution in [0.25, 0.3) is 10.8 Å². The van der Waals surface area contributed by atoms with Crippen LogP contribution < -0.4 is 10.1 Å². The van der Waals surface area contributed by atoms with Crippen LogP contribution in [0.2, 0.25) is 0 Å². The number of ether oxygens (including phenoxy) is 1. The van der Waals surface area contributed by atoms with Crippen LogP contribution in [0.3, 0.4) is 0 Å². The Bertz CT molecular complexity index is 811. The molecule has 0 atom stereocenters. The van der Waals surface area contributed by atoms with Crippen molar-refractivity contribution in [3.05, 3.63) is 53.2 Å². The molecule has 1 amide bonds. The average molecular weight is 330 g/mol. The zero-order chi connectivity index (χ0) is 16.2. The Kier molecular flexibility index (Phi) is 4.29. The fourth-order valence-corrected chi connectivity index (χ4v) is 2.65. The summed E-state index contributed by atoms with van der Waals surface area (Å²) in [6.45, 7) is 0.208. The fourth-order valence-electron chi connectivity index (χ4n) is 2.00. The summed E-state index contributed by atoms with van der Waals surface area (Å²) < 4.78 is 10.4. The van der Waals surface area contributed by atoms with Gasteiger partial charge in [0.05, 0.1) is 29.8 Å². The number of aromatic nitrogens is 1. The van der Waals surface area contributed by atoms with Crippen molar-refractivity contribution >= 4 is 17.2 Å². The van der Waals surface area contributed by atoms with E-state index in [2.05, 4.69) is 10.3 Å². The summed E-state index contributed by atoms with van der Waals surface area (Å²) in [7, 11) is 1.49. The van der Waals surface area contributed by atoms with Crippen molar-refractivity contribution < 1.29 is 19.1 Å². The highest BCUT2D eigenvalue weighted by molar-refractivity contribution is 7.13. The third-order valence-electron chi connectivity index (χ3n) is 3.16. The molecule has 0 radical (unpaired) electrons. The number of benzene rings is 1. The van der Waals surface area contributed by atoms with E-state index in [1.807, 2.05) is 17.5 Å². The summed E-state index contributed by atoms with van der Waals surface area (Å²) in [5.41, 5.74) is 0.780. The Morgan fingerprint density at radius 3 is 3.00 bits per heavy atom. The summed E-state index contributed by atoms with van der Waals surface area (Å²) in [6, 6.07) is 8.33. The topological polar surface area (TPSA) is 84.6 Å². The van der Waals surface area contributed by atoms with Gasteiger partial charge in [0.25, 0.3) is 5.91 Å². The van der Waals surface area contributed by atoms with Crippen molar-refractivity contribution in [3.63, 3.8) is 0 Å². The number of phenols is 1. The first-order valence-corrected chi connectivity index (χ1v) is 7.69. The molecule has 2 N–H and O–H groups in total. The molecule has 0 saturated heterocycles. The summed E-state index contributed by atoms with van der Waals surface area (Å²) in [4.78, 5) is 17.3. The summed E-state index contributed by atoms with van der Waals surface area (Å²) in [5, 5.41) is 14.5. The number of carbonyl (C=O) groups is 1. The molecule has 7 heteroatoms. The van der Waals surface area contributed by atoms with Crippen molar-refractivity contribution in [3.8, 4) is 22.3 Å². The van der Waals surface area contributed by atoms with Gasteiger partial charge >= 0.3 is 0 Å². The average Bonchev–Trinajstić information content (AvgIpc) is 3.23. The number of hydrogen-bond acceptors (Lipinski definition) is 6. The maximum atomic E-state index is 12.1. The number of aromatic hydroxyl groups is 1. The first-order valence-electron chi connectivity index (χ1n) is 6.81. The number of thiophene rings is 1. The van der Waals surface area contributed by atoms with Crippen LogP contribution in [0.1, 0.15) is 16.1 Å². The second kappa shape index (κ2) is 6.53. The Hall–Kier alpha value is -2.80. The predicted octanol–water partition coefficient (Wildman–Crippen LogP) is 3.05. The SMILES string of the molecule is COc1ccc(C(=O)NCc2coc(-c3cccs3)n2)c(O)c1. The molecule has 0 aliphatic rings. The van der Waals surface area contributed by atoms with Gasteiger partial charge in [-0.2, -0.15) is 0 Å². The standard InChI is InChI=1S/C16H14N2O4S/c1-21-11-4-5-12(13(19)7-11)15(20)17-8-10-9-22-16(18-10)14-3-2-6-23-14/h2-7,9,19H,8H2,1H3,(H,17,20). The lowest BCUT2D eigenvalue weighted by Crippen LogP contribution is -2.23. The molecule has 118 valence electrons. The fraction of sp³-hybridized carbons (Fsp3) is 0.125. The molecular weight excluding hydrogens is 316 g/mol. The number of hydrogen-bond donors (Lipinski definition) is 2. The molecule has 0 saturated carbocycles. The molecule has 6 nitrogen and oxygen atoms in total. The summed E-state index contributed by atoms with van der Waals surface area (Å²) in [5.74, 6) is 0.472. The summed E-state index contributed by atoms with van der Waals surface area (Å²) in [6.07, 6.45) is 1.50. The molecule has 0 aliphatic carbocycles. The van der Waals surface area contributed by atoms with Gasteiger partial charge in [0.15, 0.2) is 0 Å². The third-order valence-corrected chi connectivity index (χ3v) is 4.02. The van der Waals surface area contributed by atoms with Gasteiger partial charge in [0.1, 0.15) is 17.8 Å². The van der Waals surface area contributed by atoms with E-state index >= 15 is 0 Å². The van der Waals surface area contributed by atoms with Gasteiger partial charge in [-0.3, -0.25) is 4.79 Å². The van der Waals surface area contributed by atoms with E-state index in [0.29, 0.717) is 17.3 Å². The Labute approximate surface area is 136 Å².